The van der Waals surface area contributed by atoms with Gasteiger partial charge in [0.15, 0.2) is 0 Å². The van der Waals surface area contributed by atoms with Gasteiger partial charge >= 0.3 is 0 Å². The monoisotopic (exact) mass is 313 g/mol. The number of nitrogens with one attached hydrogen (secondary N) is 1. The fourth-order valence-corrected chi connectivity index (χ4v) is 3.85. The van der Waals surface area contributed by atoms with Crippen molar-refractivity contribution < 1.29 is 5.11 Å². The lowest BCUT2D eigenvalue weighted by atomic mass is 10.2. The largest absolute Gasteiger partial charge is 0.506 e. The second-order valence-corrected chi connectivity index (χ2v) is 6.42. The fraction of sp³-hybridized carbons (Fsp3) is 0. The minimum absolute atomic E-state index is 0.302. The molecule has 0 saturated heterocycles. The summed E-state index contributed by atoms with van der Waals surface area (Å²) in [4.78, 5) is 5.30. The SMILES string of the molecule is Oc1c(C=NC2=CC=CN3SNC=C23)sc2ccccc12. The number of benzene rings is 1. The molecule has 0 unspecified atom stereocenters. The van der Waals surface area contributed by atoms with Crippen molar-refractivity contribution in [1.29, 1.82) is 0 Å². The van der Waals surface area contributed by atoms with Gasteiger partial charge in [-0.15, -0.1) is 11.3 Å². The van der Waals surface area contributed by atoms with Gasteiger partial charge in [0, 0.05) is 28.7 Å². The first kappa shape index (κ1) is 12.6. The molecule has 3 heterocycles. The third kappa shape index (κ3) is 2.12. The van der Waals surface area contributed by atoms with Crippen LogP contribution in [0.1, 0.15) is 4.88 Å². The van der Waals surface area contributed by atoms with E-state index in [4.69, 9.17) is 0 Å². The summed E-state index contributed by atoms with van der Waals surface area (Å²) in [6, 6.07) is 7.82. The van der Waals surface area contributed by atoms with Gasteiger partial charge < -0.3 is 9.83 Å². The Hall–Kier alpha value is -2.18. The molecule has 2 aliphatic heterocycles. The summed E-state index contributed by atoms with van der Waals surface area (Å²) in [5.41, 5.74) is 1.88. The Morgan fingerprint density at radius 1 is 1.29 bits per heavy atom. The van der Waals surface area contributed by atoms with Gasteiger partial charge in [0.1, 0.15) is 5.75 Å². The summed E-state index contributed by atoms with van der Waals surface area (Å²) in [6.45, 7) is 0. The second-order valence-electron chi connectivity index (χ2n) is 4.53. The maximum Gasteiger partial charge on any atom is 0.142 e. The number of thiophene rings is 1. The highest BCUT2D eigenvalue weighted by molar-refractivity contribution is 7.95. The van der Waals surface area contributed by atoms with Gasteiger partial charge in [0.2, 0.25) is 0 Å². The Balaban J connectivity index is 1.70. The van der Waals surface area contributed by atoms with Crippen LogP contribution in [0, 0.1) is 0 Å². The lowest BCUT2D eigenvalue weighted by Gasteiger charge is -2.17. The Labute approximate surface area is 130 Å². The molecule has 1 aromatic heterocycles. The van der Waals surface area contributed by atoms with Crippen LogP contribution in [0.15, 0.2) is 65.2 Å². The number of aliphatic imine (C=N–C) groups is 1. The molecule has 4 nitrogen and oxygen atoms in total. The fourth-order valence-electron chi connectivity index (χ4n) is 2.22. The Kier molecular flexibility index (Phi) is 2.98. The van der Waals surface area contributed by atoms with Crippen molar-refractivity contribution in [2.75, 3.05) is 0 Å². The van der Waals surface area contributed by atoms with Crippen LogP contribution in [-0.2, 0) is 0 Å². The molecule has 0 aliphatic carbocycles. The van der Waals surface area contributed by atoms with Gasteiger partial charge in [-0.1, -0.05) is 12.1 Å². The van der Waals surface area contributed by atoms with E-state index in [9.17, 15) is 5.11 Å². The highest BCUT2D eigenvalue weighted by atomic mass is 32.2. The molecular weight excluding hydrogens is 302 g/mol. The van der Waals surface area contributed by atoms with Gasteiger partial charge in [-0.2, -0.15) is 0 Å². The molecule has 0 fully saturated rings. The van der Waals surface area contributed by atoms with E-state index < -0.39 is 0 Å². The zero-order valence-electron chi connectivity index (χ0n) is 10.9. The predicted molar refractivity (Wildman–Crippen MR) is 89.0 cm³/mol. The molecule has 0 atom stereocenters. The number of rotatable bonds is 2. The lowest BCUT2D eigenvalue weighted by molar-refractivity contribution is 0.483. The van der Waals surface area contributed by atoms with Crippen LogP contribution in [0.2, 0.25) is 0 Å². The number of allylic oxidation sites excluding steroid dienone is 2. The normalized spacial score (nSPS) is 17.0. The molecule has 2 aliphatic rings. The van der Waals surface area contributed by atoms with Gasteiger partial charge in [-0.05, 0) is 24.3 Å². The molecule has 4 rings (SSSR count). The van der Waals surface area contributed by atoms with E-state index in [1.54, 1.807) is 6.21 Å². The average Bonchev–Trinajstić information content (AvgIpc) is 3.11. The first-order valence-corrected chi connectivity index (χ1v) is 7.97. The predicted octanol–water partition coefficient (Wildman–Crippen LogP) is 3.75. The third-order valence-corrected chi connectivity index (χ3v) is 5.07. The summed E-state index contributed by atoms with van der Waals surface area (Å²) in [7, 11) is 0. The summed E-state index contributed by atoms with van der Waals surface area (Å²) >= 11 is 3.04. The highest BCUT2D eigenvalue weighted by Gasteiger charge is 2.19. The summed E-state index contributed by atoms with van der Waals surface area (Å²) in [6.07, 6.45) is 9.53. The van der Waals surface area contributed by atoms with Gasteiger partial charge in [0.05, 0.1) is 28.4 Å². The smallest absolute Gasteiger partial charge is 0.142 e. The number of nitrogens with zero attached hydrogens (tertiary/aromatic N) is 2. The van der Waals surface area contributed by atoms with E-state index in [1.165, 1.54) is 23.5 Å². The Morgan fingerprint density at radius 3 is 3.10 bits per heavy atom. The van der Waals surface area contributed by atoms with E-state index in [-0.39, 0.29) is 0 Å². The first-order chi connectivity index (χ1) is 10.3. The molecule has 0 radical (unpaired) electrons. The maximum atomic E-state index is 10.3. The van der Waals surface area contributed by atoms with Gasteiger partial charge in [-0.3, -0.25) is 9.30 Å². The van der Waals surface area contributed by atoms with E-state index in [2.05, 4.69) is 9.71 Å². The second kappa shape index (κ2) is 4.98. The average molecular weight is 313 g/mol. The summed E-state index contributed by atoms with van der Waals surface area (Å²) in [5, 5.41) is 11.1. The van der Waals surface area contributed by atoms with Crippen LogP contribution in [0.4, 0.5) is 0 Å². The van der Waals surface area contributed by atoms with Crippen molar-refractivity contribution in [3.05, 3.63) is 65.1 Å². The van der Waals surface area contributed by atoms with Gasteiger partial charge in [0.25, 0.3) is 0 Å². The van der Waals surface area contributed by atoms with Crippen LogP contribution >= 0.6 is 23.5 Å². The third-order valence-electron chi connectivity index (χ3n) is 3.24. The molecule has 2 aromatic rings. The van der Waals surface area contributed by atoms with E-state index in [0.29, 0.717) is 5.75 Å². The molecule has 0 saturated carbocycles. The van der Waals surface area contributed by atoms with Crippen LogP contribution in [0.5, 0.6) is 5.75 Å². The molecular formula is C15H11N3OS2. The molecule has 21 heavy (non-hydrogen) atoms. The van der Waals surface area contributed by atoms with Gasteiger partial charge in [-0.25, -0.2) is 0 Å². The van der Waals surface area contributed by atoms with Crippen molar-refractivity contribution in [2.45, 2.75) is 0 Å². The van der Waals surface area contributed by atoms with Crippen LogP contribution < -0.4 is 4.72 Å². The number of hydrogen-bond acceptors (Lipinski definition) is 6. The van der Waals surface area contributed by atoms with Crippen molar-refractivity contribution in [1.82, 2.24) is 9.03 Å². The molecule has 0 amide bonds. The maximum absolute atomic E-state index is 10.3. The highest BCUT2D eigenvalue weighted by Crippen LogP contribution is 2.36. The van der Waals surface area contributed by atoms with E-state index >= 15 is 0 Å². The van der Waals surface area contributed by atoms with Crippen molar-refractivity contribution >= 4 is 39.8 Å². The van der Waals surface area contributed by atoms with Crippen molar-refractivity contribution in [3.8, 4) is 5.75 Å². The zero-order valence-corrected chi connectivity index (χ0v) is 12.5. The Bertz CT molecular complexity index is 833. The van der Waals surface area contributed by atoms with Crippen molar-refractivity contribution in [3.63, 3.8) is 0 Å². The van der Waals surface area contributed by atoms with Crippen molar-refractivity contribution in [2.24, 2.45) is 4.99 Å². The number of aromatic hydroxyl groups is 1. The number of hydrogen-bond donors (Lipinski definition) is 2. The van der Waals surface area contributed by atoms with E-state index in [0.717, 1.165) is 26.4 Å². The topological polar surface area (TPSA) is 47.9 Å². The Morgan fingerprint density at radius 2 is 2.19 bits per heavy atom. The zero-order chi connectivity index (χ0) is 14.2. The first-order valence-electron chi connectivity index (χ1n) is 6.38. The molecule has 2 N–H and O–H groups in total. The quantitative estimate of drug-likeness (QED) is 0.655. The molecule has 104 valence electrons. The summed E-state index contributed by atoms with van der Waals surface area (Å²) in [5.74, 6) is 0.302. The number of fused-ring (bicyclic) bond motifs is 2. The molecule has 0 bridgehead atoms. The molecule has 1 aromatic carbocycles. The minimum Gasteiger partial charge on any atom is -0.506 e. The standard InChI is InChI=1S/C15H11N3OS2/c19-15-10-4-1-2-6-13(10)20-14(15)9-16-11-5-3-7-18-12(11)8-17-21-18/h1-9,17,19H. The van der Waals surface area contributed by atoms with Crippen LogP contribution in [-0.4, -0.2) is 15.6 Å². The lowest BCUT2D eigenvalue weighted by Crippen LogP contribution is -2.07. The summed E-state index contributed by atoms with van der Waals surface area (Å²) < 4.78 is 6.17. The molecule has 0 spiro atoms. The van der Waals surface area contributed by atoms with Crippen LogP contribution in [0.25, 0.3) is 10.1 Å². The minimum atomic E-state index is 0.302. The van der Waals surface area contributed by atoms with Crippen LogP contribution in [0.3, 0.4) is 0 Å². The molecule has 6 heteroatoms. The van der Waals surface area contributed by atoms with E-state index in [1.807, 2.05) is 53.1 Å².